The SMILES string of the molecule is Cl.N[C@@H](Cc1ccc(OCc2ccccc2[N+](=O)[O-])cc1)C(=O)O. The van der Waals surface area contributed by atoms with Gasteiger partial charge in [-0.3, -0.25) is 14.9 Å². The number of nitrogens with two attached hydrogens (primary N) is 1. The first-order valence-corrected chi connectivity index (χ1v) is 6.90. The number of nitro benzene ring substituents is 1. The van der Waals surface area contributed by atoms with Crippen molar-refractivity contribution in [3.05, 3.63) is 69.8 Å². The number of benzene rings is 2. The van der Waals surface area contributed by atoms with Crippen molar-refractivity contribution in [1.29, 1.82) is 0 Å². The van der Waals surface area contributed by atoms with Gasteiger partial charge in [-0.15, -0.1) is 12.4 Å². The number of halogens is 1. The molecular weight excluding hydrogens is 336 g/mol. The van der Waals surface area contributed by atoms with Gasteiger partial charge in [-0.1, -0.05) is 24.3 Å². The van der Waals surface area contributed by atoms with Crippen LogP contribution < -0.4 is 10.5 Å². The second kappa shape index (κ2) is 8.85. The second-order valence-corrected chi connectivity index (χ2v) is 4.97. The van der Waals surface area contributed by atoms with E-state index in [1.165, 1.54) is 6.07 Å². The Labute approximate surface area is 144 Å². The summed E-state index contributed by atoms with van der Waals surface area (Å²) in [6.07, 6.45) is 0.222. The molecule has 1 atom stereocenters. The minimum Gasteiger partial charge on any atom is -0.489 e. The molecule has 0 amide bonds. The lowest BCUT2D eigenvalue weighted by molar-refractivity contribution is -0.385. The predicted molar refractivity (Wildman–Crippen MR) is 90.4 cm³/mol. The molecule has 0 saturated carbocycles. The molecule has 0 fully saturated rings. The van der Waals surface area contributed by atoms with E-state index in [1.807, 2.05) is 0 Å². The molecule has 2 aromatic rings. The Bertz CT molecular complexity index is 706. The smallest absolute Gasteiger partial charge is 0.320 e. The monoisotopic (exact) mass is 352 g/mol. The number of aliphatic carboxylic acids is 1. The highest BCUT2D eigenvalue weighted by molar-refractivity contribution is 5.85. The molecule has 0 radical (unpaired) electrons. The summed E-state index contributed by atoms with van der Waals surface area (Å²) < 4.78 is 5.54. The van der Waals surface area contributed by atoms with Crippen molar-refractivity contribution in [1.82, 2.24) is 0 Å². The summed E-state index contributed by atoms with van der Waals surface area (Å²) in [5.74, 6) is -0.516. The van der Waals surface area contributed by atoms with Crippen LogP contribution in [0.4, 0.5) is 5.69 Å². The first-order chi connectivity index (χ1) is 11.0. The Morgan fingerprint density at radius 3 is 2.42 bits per heavy atom. The van der Waals surface area contributed by atoms with Crippen LogP contribution in [0.5, 0.6) is 5.75 Å². The van der Waals surface area contributed by atoms with Crippen molar-refractivity contribution in [2.75, 3.05) is 0 Å². The zero-order chi connectivity index (χ0) is 16.8. The van der Waals surface area contributed by atoms with Gasteiger partial charge in [-0.2, -0.15) is 0 Å². The zero-order valence-electron chi connectivity index (χ0n) is 12.6. The maximum atomic E-state index is 10.9. The summed E-state index contributed by atoms with van der Waals surface area (Å²) >= 11 is 0. The number of para-hydroxylation sites is 1. The Morgan fingerprint density at radius 1 is 1.21 bits per heavy atom. The van der Waals surface area contributed by atoms with Crippen LogP contribution in [0.2, 0.25) is 0 Å². The summed E-state index contributed by atoms with van der Waals surface area (Å²) in [6, 6.07) is 12.2. The lowest BCUT2D eigenvalue weighted by Crippen LogP contribution is -2.32. The van der Waals surface area contributed by atoms with Gasteiger partial charge < -0.3 is 15.6 Å². The molecule has 0 aliphatic heterocycles. The third-order valence-corrected chi connectivity index (χ3v) is 3.28. The lowest BCUT2D eigenvalue weighted by atomic mass is 10.1. The average Bonchev–Trinajstić information content (AvgIpc) is 2.54. The third kappa shape index (κ3) is 5.22. The van der Waals surface area contributed by atoms with Crippen LogP contribution in [-0.4, -0.2) is 22.0 Å². The van der Waals surface area contributed by atoms with Crippen molar-refractivity contribution >= 4 is 24.1 Å². The van der Waals surface area contributed by atoms with Crippen molar-refractivity contribution in [2.24, 2.45) is 5.73 Å². The summed E-state index contributed by atoms with van der Waals surface area (Å²) in [7, 11) is 0. The van der Waals surface area contributed by atoms with Gasteiger partial charge in [0.05, 0.1) is 10.5 Å². The number of rotatable bonds is 7. The van der Waals surface area contributed by atoms with E-state index in [1.54, 1.807) is 42.5 Å². The number of nitro groups is 1. The number of ether oxygens (including phenoxy) is 1. The van der Waals surface area contributed by atoms with E-state index in [4.69, 9.17) is 15.6 Å². The quantitative estimate of drug-likeness (QED) is 0.584. The Balaban J connectivity index is 0.00000288. The van der Waals surface area contributed by atoms with E-state index in [2.05, 4.69) is 0 Å². The molecule has 0 heterocycles. The molecule has 128 valence electrons. The van der Waals surface area contributed by atoms with Gasteiger partial charge in [-0.25, -0.2) is 0 Å². The van der Waals surface area contributed by atoms with Crippen molar-refractivity contribution in [2.45, 2.75) is 19.1 Å². The predicted octanol–water partition coefficient (Wildman–Crippen LogP) is 2.55. The lowest BCUT2D eigenvalue weighted by Gasteiger charge is -2.09. The third-order valence-electron chi connectivity index (χ3n) is 3.28. The molecule has 0 aromatic heterocycles. The van der Waals surface area contributed by atoms with Crippen LogP contribution in [0, 0.1) is 10.1 Å². The molecule has 0 aliphatic rings. The van der Waals surface area contributed by atoms with Crippen molar-refractivity contribution in [3.63, 3.8) is 0 Å². The largest absolute Gasteiger partial charge is 0.489 e. The Morgan fingerprint density at radius 2 is 1.83 bits per heavy atom. The van der Waals surface area contributed by atoms with Gasteiger partial charge in [0.1, 0.15) is 18.4 Å². The molecule has 7 nitrogen and oxygen atoms in total. The maximum Gasteiger partial charge on any atom is 0.320 e. The number of carboxylic acids is 1. The van der Waals surface area contributed by atoms with Gasteiger partial charge in [0, 0.05) is 6.07 Å². The molecule has 2 rings (SSSR count). The topological polar surface area (TPSA) is 116 Å². The molecule has 0 aliphatic carbocycles. The Kier molecular flexibility index (Phi) is 7.16. The van der Waals surface area contributed by atoms with Crippen molar-refractivity contribution in [3.8, 4) is 5.75 Å². The maximum absolute atomic E-state index is 10.9. The van der Waals surface area contributed by atoms with Crippen LogP contribution in [0.25, 0.3) is 0 Å². The highest BCUT2D eigenvalue weighted by atomic mass is 35.5. The molecule has 3 N–H and O–H groups in total. The standard InChI is InChI=1S/C16H16N2O5.ClH/c17-14(16(19)20)9-11-5-7-13(8-6-11)23-10-12-3-1-2-4-15(12)18(21)22;/h1-8,14H,9-10,17H2,(H,19,20);1H/t14-;/m0./s1. The van der Waals surface area contributed by atoms with Crippen LogP contribution in [-0.2, 0) is 17.8 Å². The fourth-order valence-corrected chi connectivity index (χ4v) is 2.04. The minimum atomic E-state index is -1.05. The highest BCUT2D eigenvalue weighted by Crippen LogP contribution is 2.21. The molecule has 2 aromatic carbocycles. The van der Waals surface area contributed by atoms with Crippen molar-refractivity contribution < 1.29 is 19.6 Å². The number of nitrogens with zero attached hydrogens (tertiary/aromatic N) is 1. The second-order valence-electron chi connectivity index (χ2n) is 4.97. The Hall–Kier alpha value is -2.64. The van der Waals surface area contributed by atoms with E-state index in [9.17, 15) is 14.9 Å². The molecule has 24 heavy (non-hydrogen) atoms. The number of carboxylic acid groups (broad SMARTS) is 1. The molecule has 0 unspecified atom stereocenters. The summed E-state index contributed by atoms with van der Waals surface area (Å²) in [6.45, 7) is 0.0745. The number of hydrogen-bond acceptors (Lipinski definition) is 5. The van der Waals surface area contributed by atoms with Gasteiger partial charge >= 0.3 is 5.97 Å². The summed E-state index contributed by atoms with van der Waals surface area (Å²) in [4.78, 5) is 21.2. The fourth-order valence-electron chi connectivity index (χ4n) is 2.04. The van der Waals surface area contributed by atoms with E-state index >= 15 is 0 Å². The first kappa shape index (κ1) is 19.4. The number of carbonyl (C=O) groups is 1. The first-order valence-electron chi connectivity index (χ1n) is 6.90. The number of hydrogen-bond donors (Lipinski definition) is 2. The normalized spacial score (nSPS) is 11.2. The molecule has 0 spiro atoms. The molecule has 0 saturated heterocycles. The molecule has 0 bridgehead atoms. The van der Waals surface area contributed by atoms with Gasteiger partial charge in [0.25, 0.3) is 5.69 Å². The van der Waals surface area contributed by atoms with Crippen LogP contribution >= 0.6 is 12.4 Å². The molecular formula is C16H17ClN2O5. The van der Waals surface area contributed by atoms with Gasteiger partial charge in [-0.05, 0) is 30.2 Å². The fraction of sp³-hybridized carbons (Fsp3) is 0.188. The van der Waals surface area contributed by atoms with E-state index in [-0.39, 0.29) is 31.1 Å². The van der Waals surface area contributed by atoms with Gasteiger partial charge in [0.15, 0.2) is 0 Å². The minimum absolute atomic E-state index is 0. The van der Waals surface area contributed by atoms with E-state index in [0.29, 0.717) is 11.3 Å². The van der Waals surface area contributed by atoms with E-state index in [0.717, 1.165) is 5.56 Å². The highest BCUT2D eigenvalue weighted by Gasteiger charge is 2.13. The van der Waals surface area contributed by atoms with Crippen LogP contribution in [0.3, 0.4) is 0 Å². The van der Waals surface area contributed by atoms with Gasteiger partial charge in [0.2, 0.25) is 0 Å². The summed E-state index contributed by atoms with van der Waals surface area (Å²) in [5, 5.41) is 19.7. The summed E-state index contributed by atoms with van der Waals surface area (Å²) in [5.41, 5.74) is 6.74. The van der Waals surface area contributed by atoms with E-state index < -0.39 is 16.9 Å². The zero-order valence-corrected chi connectivity index (χ0v) is 13.4. The average molecular weight is 353 g/mol. The van der Waals surface area contributed by atoms with Crippen LogP contribution in [0.15, 0.2) is 48.5 Å². The molecule has 8 heteroatoms. The van der Waals surface area contributed by atoms with Crippen LogP contribution in [0.1, 0.15) is 11.1 Å².